The third-order valence-electron chi connectivity index (χ3n) is 4.63. The largest absolute Gasteiger partial charge is 0.388 e. The number of nitrogens with zero attached hydrogens (tertiary/aromatic N) is 3. The maximum Gasteiger partial charge on any atom is 0.334 e. The highest BCUT2D eigenvalue weighted by Crippen LogP contribution is 2.29. The number of carbonyl (C=O) groups excluding carboxylic acids is 1. The van der Waals surface area contributed by atoms with Crippen molar-refractivity contribution >= 4 is 61.4 Å². The first-order chi connectivity index (χ1) is 16.1. The summed E-state index contributed by atoms with van der Waals surface area (Å²) < 4.78 is 27.2. The van der Waals surface area contributed by atoms with Gasteiger partial charge in [0.1, 0.15) is 4.21 Å². The van der Waals surface area contributed by atoms with Crippen LogP contribution in [0.5, 0.6) is 0 Å². The van der Waals surface area contributed by atoms with E-state index in [-0.39, 0.29) is 26.3 Å². The second kappa shape index (κ2) is 8.89. The molecule has 0 bridgehead atoms. The van der Waals surface area contributed by atoms with Gasteiger partial charge in [-0.25, -0.2) is 27.3 Å². The number of nitrogens with one attached hydrogen (secondary N) is 4. The van der Waals surface area contributed by atoms with Gasteiger partial charge in [-0.1, -0.05) is 11.6 Å². The highest BCUT2D eigenvalue weighted by atomic mass is 35.5. The van der Waals surface area contributed by atoms with Gasteiger partial charge in [0.25, 0.3) is 15.6 Å². The molecule has 12 nitrogen and oxygen atoms in total. The summed E-state index contributed by atoms with van der Waals surface area (Å²) in [5.41, 5.74) is -0.266. The van der Waals surface area contributed by atoms with Gasteiger partial charge in [0, 0.05) is 17.6 Å². The molecule has 0 saturated heterocycles. The second-order valence-electron chi connectivity index (χ2n) is 6.89. The van der Waals surface area contributed by atoms with Crippen LogP contribution in [0.3, 0.4) is 0 Å². The highest BCUT2D eigenvalue weighted by Gasteiger charge is 2.21. The second-order valence-corrected chi connectivity index (χ2v) is 10.5. The molecule has 0 unspecified atom stereocenters. The number of aromatic nitrogens is 4. The van der Waals surface area contributed by atoms with Gasteiger partial charge in [-0.05, 0) is 43.3 Å². The van der Waals surface area contributed by atoms with Gasteiger partial charge in [0.05, 0.1) is 15.9 Å². The number of urea groups is 1. The zero-order valence-electron chi connectivity index (χ0n) is 17.5. The number of halogens is 1. The molecule has 0 aliphatic rings. The number of H-pyrrole nitrogens is 1. The lowest BCUT2D eigenvalue weighted by Crippen LogP contribution is -2.35. The van der Waals surface area contributed by atoms with Crippen molar-refractivity contribution in [1.82, 2.24) is 24.5 Å². The summed E-state index contributed by atoms with van der Waals surface area (Å²) in [7, 11) is -2.43. The minimum absolute atomic E-state index is 0.0897. The Kier molecular flexibility index (Phi) is 6.12. The molecule has 0 saturated carbocycles. The van der Waals surface area contributed by atoms with E-state index in [9.17, 15) is 22.8 Å². The lowest BCUT2D eigenvalue weighted by molar-refractivity contribution is 0.256. The van der Waals surface area contributed by atoms with E-state index in [1.165, 1.54) is 18.2 Å². The Hall–Kier alpha value is -3.75. The third kappa shape index (κ3) is 4.50. The topological polar surface area (TPSA) is 168 Å². The fraction of sp³-hybridized carbons (Fsp3) is 0.105. The van der Waals surface area contributed by atoms with Crippen LogP contribution in [0.2, 0.25) is 5.02 Å². The molecule has 4 N–H and O–H groups in total. The Bertz CT molecular complexity index is 1620. The van der Waals surface area contributed by atoms with Crippen LogP contribution in [0.4, 0.5) is 16.3 Å². The van der Waals surface area contributed by atoms with Crippen molar-refractivity contribution in [1.29, 1.82) is 0 Å². The standard InChI is InChI=1S/C19H16ClN7O5S2/c1-9-12(20)8-16(33-9)34(31,32)26-18(29)23-14-5-6-15(25-24-14)27-17(28)11-4-3-10(21-2)7-13(11)22-19(27)30/h3-8,21H,1-2H3,(H,22,30)(H2,23,24,26,29). The number of anilines is 2. The molecule has 4 aromatic rings. The molecule has 4 rings (SSSR count). The highest BCUT2D eigenvalue weighted by molar-refractivity contribution is 7.92. The van der Waals surface area contributed by atoms with Crippen molar-refractivity contribution in [2.45, 2.75) is 11.1 Å². The van der Waals surface area contributed by atoms with Crippen molar-refractivity contribution < 1.29 is 13.2 Å². The average Bonchev–Trinajstić information content (AvgIpc) is 3.13. The number of hydrogen-bond donors (Lipinski definition) is 4. The summed E-state index contributed by atoms with van der Waals surface area (Å²) in [6.45, 7) is 1.65. The number of aromatic amines is 1. The third-order valence-corrected chi connectivity index (χ3v) is 7.99. The van der Waals surface area contributed by atoms with Gasteiger partial charge in [-0.2, -0.15) is 0 Å². The Labute approximate surface area is 200 Å². The number of sulfonamides is 1. The molecular formula is C19H16ClN7O5S2. The Balaban J connectivity index is 1.55. The maximum absolute atomic E-state index is 12.8. The molecule has 0 radical (unpaired) electrons. The summed E-state index contributed by atoms with van der Waals surface area (Å²) >= 11 is 6.80. The first-order valence-corrected chi connectivity index (χ1v) is 12.2. The van der Waals surface area contributed by atoms with Gasteiger partial charge >= 0.3 is 11.7 Å². The molecule has 176 valence electrons. The molecule has 3 heterocycles. The molecule has 0 aliphatic heterocycles. The molecule has 1 aromatic carbocycles. The van der Waals surface area contributed by atoms with Crippen molar-refractivity contribution in [3.05, 3.63) is 67.1 Å². The molecule has 0 aliphatic carbocycles. The molecule has 0 fully saturated rings. The van der Waals surface area contributed by atoms with Crippen LogP contribution in [0, 0.1) is 6.92 Å². The van der Waals surface area contributed by atoms with E-state index in [0.29, 0.717) is 16.1 Å². The van der Waals surface area contributed by atoms with Gasteiger partial charge < -0.3 is 10.3 Å². The molecular weight excluding hydrogens is 506 g/mol. The summed E-state index contributed by atoms with van der Waals surface area (Å²) in [5.74, 6) is -0.200. The SMILES string of the molecule is CNc1ccc2c(=O)n(-c3ccc(NC(=O)NS(=O)(=O)c4cc(Cl)c(C)s4)nn3)c(=O)[nH]c2c1. The Morgan fingerprint density at radius 1 is 1.15 bits per heavy atom. The minimum Gasteiger partial charge on any atom is -0.388 e. The van der Waals surface area contributed by atoms with E-state index in [1.54, 1.807) is 32.2 Å². The first-order valence-electron chi connectivity index (χ1n) is 9.50. The number of fused-ring (bicyclic) bond motifs is 1. The zero-order chi connectivity index (χ0) is 24.6. The van der Waals surface area contributed by atoms with E-state index < -0.39 is 27.3 Å². The fourth-order valence-electron chi connectivity index (χ4n) is 2.97. The monoisotopic (exact) mass is 521 g/mol. The molecule has 3 aromatic heterocycles. The number of amides is 2. The van der Waals surface area contributed by atoms with Crippen LogP contribution in [-0.4, -0.2) is 41.2 Å². The summed E-state index contributed by atoms with van der Waals surface area (Å²) in [6.07, 6.45) is 0. The van der Waals surface area contributed by atoms with Gasteiger partial charge in [0.2, 0.25) is 0 Å². The lowest BCUT2D eigenvalue weighted by Gasteiger charge is -2.08. The zero-order valence-corrected chi connectivity index (χ0v) is 19.9. The Morgan fingerprint density at radius 3 is 2.53 bits per heavy atom. The number of carbonyl (C=O) groups is 1. The molecule has 15 heteroatoms. The maximum atomic E-state index is 12.8. The number of rotatable bonds is 5. The van der Waals surface area contributed by atoms with E-state index in [0.717, 1.165) is 15.9 Å². The lowest BCUT2D eigenvalue weighted by atomic mass is 10.2. The van der Waals surface area contributed by atoms with E-state index >= 15 is 0 Å². The summed E-state index contributed by atoms with van der Waals surface area (Å²) in [4.78, 5) is 40.7. The summed E-state index contributed by atoms with van der Waals surface area (Å²) in [6, 6.07) is 7.58. The number of aryl methyl sites for hydroxylation is 1. The molecule has 2 amide bonds. The van der Waals surface area contributed by atoms with Crippen LogP contribution in [0.15, 0.2) is 50.2 Å². The van der Waals surface area contributed by atoms with Gasteiger partial charge in [-0.15, -0.1) is 21.5 Å². The minimum atomic E-state index is -4.14. The van der Waals surface area contributed by atoms with E-state index in [4.69, 9.17) is 11.6 Å². The number of hydrogen-bond acceptors (Lipinski definition) is 9. The number of benzene rings is 1. The average molecular weight is 522 g/mol. The molecule has 0 atom stereocenters. The molecule has 0 spiro atoms. The van der Waals surface area contributed by atoms with Crippen LogP contribution >= 0.6 is 22.9 Å². The predicted octanol–water partition coefficient (Wildman–Crippen LogP) is 2.04. The number of thiophene rings is 1. The van der Waals surface area contributed by atoms with Crippen molar-refractivity contribution in [3.8, 4) is 5.82 Å². The molecule has 34 heavy (non-hydrogen) atoms. The van der Waals surface area contributed by atoms with Crippen molar-refractivity contribution in [2.24, 2.45) is 0 Å². The van der Waals surface area contributed by atoms with Crippen LogP contribution in [0.1, 0.15) is 4.88 Å². The van der Waals surface area contributed by atoms with E-state index in [2.05, 4.69) is 25.8 Å². The smallest absolute Gasteiger partial charge is 0.334 e. The summed E-state index contributed by atoms with van der Waals surface area (Å²) in [5, 5.41) is 13.2. The fourth-order valence-corrected chi connectivity index (χ4v) is 5.57. The van der Waals surface area contributed by atoms with Gasteiger partial charge in [-0.3, -0.25) is 10.1 Å². The van der Waals surface area contributed by atoms with Crippen LogP contribution < -0.4 is 26.6 Å². The van der Waals surface area contributed by atoms with E-state index in [1.807, 2.05) is 4.72 Å². The Morgan fingerprint density at radius 2 is 1.91 bits per heavy atom. The first kappa shape index (κ1) is 23.4. The van der Waals surface area contributed by atoms with Gasteiger partial charge in [0.15, 0.2) is 11.6 Å². The quantitative estimate of drug-likeness (QED) is 0.309. The normalized spacial score (nSPS) is 11.4. The van der Waals surface area contributed by atoms with Crippen molar-refractivity contribution in [3.63, 3.8) is 0 Å². The van der Waals surface area contributed by atoms with Crippen LogP contribution in [0.25, 0.3) is 16.7 Å². The van der Waals surface area contributed by atoms with Crippen molar-refractivity contribution in [2.75, 3.05) is 17.7 Å². The predicted molar refractivity (Wildman–Crippen MR) is 129 cm³/mol. The van der Waals surface area contributed by atoms with Crippen LogP contribution in [-0.2, 0) is 10.0 Å².